The number of hydrogen-bond acceptors (Lipinski definition) is 4. The van der Waals surface area contributed by atoms with Crippen LogP contribution in [0.3, 0.4) is 0 Å². The molecule has 0 saturated carbocycles. The number of aliphatic carboxylic acids is 1. The fourth-order valence-corrected chi connectivity index (χ4v) is 2.19. The van der Waals surface area contributed by atoms with Crippen LogP contribution in [0.2, 0.25) is 0 Å². The number of carboxylic acids is 1. The van der Waals surface area contributed by atoms with Crippen molar-refractivity contribution < 1.29 is 19.1 Å². The Hall–Kier alpha value is -1.43. The first kappa shape index (κ1) is 15.6. The van der Waals surface area contributed by atoms with Gasteiger partial charge in [0.25, 0.3) is 5.91 Å². The van der Waals surface area contributed by atoms with Gasteiger partial charge in [-0.1, -0.05) is 0 Å². The normalized spacial score (nSPS) is 11.4. The van der Waals surface area contributed by atoms with Crippen LogP contribution >= 0.6 is 11.8 Å². The van der Waals surface area contributed by atoms with Gasteiger partial charge in [-0.15, -0.1) is 0 Å². The maximum absolute atomic E-state index is 12.3. The lowest BCUT2D eigenvalue weighted by Crippen LogP contribution is -2.52. The minimum atomic E-state index is -1.27. The van der Waals surface area contributed by atoms with E-state index in [4.69, 9.17) is 4.42 Å². The van der Waals surface area contributed by atoms with Crippen LogP contribution in [0.1, 0.15) is 37.1 Å². The second kappa shape index (κ2) is 6.14. The average Bonchev–Trinajstić information content (AvgIpc) is 2.78. The number of likely N-dealkylation sites (N-methyl/N-ethyl adjacent to an activating group) is 1. The van der Waals surface area contributed by atoms with Gasteiger partial charge in [0.2, 0.25) is 0 Å². The summed E-state index contributed by atoms with van der Waals surface area (Å²) in [6.07, 6.45) is 1.94. The van der Waals surface area contributed by atoms with E-state index in [0.29, 0.717) is 18.1 Å². The molecule has 0 unspecified atom stereocenters. The predicted octanol–water partition coefficient (Wildman–Crippen LogP) is 2.47. The molecular weight excluding hydrogens is 266 g/mol. The Morgan fingerprint density at radius 3 is 2.53 bits per heavy atom. The molecule has 0 fully saturated rings. The van der Waals surface area contributed by atoms with Crippen LogP contribution in [-0.2, 0) is 10.5 Å². The highest BCUT2D eigenvalue weighted by molar-refractivity contribution is 7.97. The first-order valence-corrected chi connectivity index (χ1v) is 7.37. The molecule has 0 radical (unpaired) electrons. The summed E-state index contributed by atoms with van der Waals surface area (Å²) < 4.78 is 5.44. The van der Waals surface area contributed by atoms with Crippen molar-refractivity contribution in [3.63, 3.8) is 0 Å². The third-order valence-corrected chi connectivity index (χ3v) is 3.49. The molecule has 5 nitrogen and oxygen atoms in total. The summed E-state index contributed by atoms with van der Waals surface area (Å²) >= 11 is 1.59. The van der Waals surface area contributed by atoms with E-state index in [9.17, 15) is 14.7 Å². The molecule has 1 rings (SSSR count). The summed E-state index contributed by atoms with van der Waals surface area (Å²) in [5, 5.41) is 9.20. The van der Waals surface area contributed by atoms with Crippen molar-refractivity contribution in [2.75, 3.05) is 12.8 Å². The molecule has 0 spiro atoms. The minimum Gasteiger partial charge on any atom is -0.480 e. The molecule has 1 aromatic heterocycles. The SMILES string of the molecule is CCN(C(=O)c1ccc(CSC)o1)C(C)(C)C(=O)O. The van der Waals surface area contributed by atoms with E-state index in [0.717, 1.165) is 0 Å². The molecule has 1 heterocycles. The van der Waals surface area contributed by atoms with Crippen molar-refractivity contribution in [1.29, 1.82) is 0 Å². The van der Waals surface area contributed by atoms with Crippen LogP contribution in [0.15, 0.2) is 16.5 Å². The summed E-state index contributed by atoms with van der Waals surface area (Å²) in [6.45, 7) is 5.05. The third-order valence-electron chi connectivity index (χ3n) is 2.92. The maximum Gasteiger partial charge on any atom is 0.329 e. The minimum absolute atomic E-state index is 0.181. The van der Waals surface area contributed by atoms with Crippen LogP contribution in [0.4, 0.5) is 0 Å². The van der Waals surface area contributed by atoms with Crippen molar-refractivity contribution in [3.8, 4) is 0 Å². The van der Waals surface area contributed by atoms with Gasteiger partial charge < -0.3 is 14.4 Å². The highest BCUT2D eigenvalue weighted by atomic mass is 32.2. The quantitative estimate of drug-likeness (QED) is 0.869. The van der Waals surface area contributed by atoms with E-state index in [1.807, 2.05) is 6.26 Å². The lowest BCUT2D eigenvalue weighted by atomic mass is 10.0. The standard InChI is InChI=1S/C13H19NO4S/c1-5-14(13(2,3)12(16)17)11(15)10-7-6-9(18-10)8-19-4/h6-7H,5,8H2,1-4H3,(H,16,17). The summed E-state index contributed by atoms with van der Waals surface area (Å²) in [5.74, 6) is 0.128. The predicted molar refractivity (Wildman–Crippen MR) is 74.4 cm³/mol. The zero-order valence-corrected chi connectivity index (χ0v) is 12.4. The fourth-order valence-electron chi connectivity index (χ4n) is 1.75. The van der Waals surface area contributed by atoms with E-state index in [1.165, 1.54) is 18.7 Å². The molecule has 1 aromatic rings. The van der Waals surface area contributed by atoms with E-state index in [2.05, 4.69) is 0 Å². The zero-order valence-electron chi connectivity index (χ0n) is 11.6. The Morgan fingerprint density at radius 2 is 2.05 bits per heavy atom. The van der Waals surface area contributed by atoms with Gasteiger partial charge in [-0.3, -0.25) is 4.79 Å². The molecule has 19 heavy (non-hydrogen) atoms. The molecule has 0 aliphatic heterocycles. The van der Waals surface area contributed by atoms with Gasteiger partial charge in [-0.25, -0.2) is 4.79 Å². The Labute approximate surface area is 117 Å². The molecule has 106 valence electrons. The average molecular weight is 285 g/mol. The molecule has 0 aromatic carbocycles. The monoisotopic (exact) mass is 285 g/mol. The Kier molecular flexibility index (Phi) is 5.05. The van der Waals surface area contributed by atoms with Gasteiger partial charge in [0.05, 0.1) is 5.75 Å². The first-order chi connectivity index (χ1) is 8.84. The van der Waals surface area contributed by atoms with Crippen LogP contribution in [0, 0.1) is 0 Å². The molecule has 0 aliphatic rings. The fraction of sp³-hybridized carbons (Fsp3) is 0.538. The van der Waals surface area contributed by atoms with Gasteiger partial charge in [0.15, 0.2) is 5.76 Å². The highest BCUT2D eigenvalue weighted by Crippen LogP contribution is 2.20. The molecule has 0 saturated heterocycles. The van der Waals surface area contributed by atoms with E-state index >= 15 is 0 Å². The van der Waals surface area contributed by atoms with Crippen molar-refractivity contribution in [3.05, 3.63) is 23.7 Å². The maximum atomic E-state index is 12.3. The molecule has 1 N–H and O–H groups in total. The van der Waals surface area contributed by atoms with E-state index < -0.39 is 17.4 Å². The van der Waals surface area contributed by atoms with Gasteiger partial charge >= 0.3 is 5.97 Å². The summed E-state index contributed by atoms with van der Waals surface area (Å²) in [6, 6.07) is 3.33. The van der Waals surface area contributed by atoms with Crippen molar-refractivity contribution >= 4 is 23.6 Å². The Morgan fingerprint density at radius 1 is 1.42 bits per heavy atom. The van der Waals surface area contributed by atoms with Crippen LogP contribution < -0.4 is 0 Å². The van der Waals surface area contributed by atoms with Gasteiger partial charge in [0, 0.05) is 6.54 Å². The molecule has 0 aliphatic carbocycles. The van der Waals surface area contributed by atoms with E-state index in [-0.39, 0.29) is 5.76 Å². The number of carboxylic acid groups (broad SMARTS) is 1. The van der Waals surface area contributed by atoms with Crippen molar-refractivity contribution in [2.24, 2.45) is 0 Å². The summed E-state index contributed by atoms with van der Waals surface area (Å²) in [4.78, 5) is 24.8. The largest absolute Gasteiger partial charge is 0.480 e. The van der Waals surface area contributed by atoms with Gasteiger partial charge in [-0.2, -0.15) is 11.8 Å². The van der Waals surface area contributed by atoms with Crippen molar-refractivity contribution in [1.82, 2.24) is 4.90 Å². The number of carbonyl (C=O) groups excluding carboxylic acids is 1. The molecule has 6 heteroatoms. The van der Waals surface area contributed by atoms with Gasteiger partial charge in [0.1, 0.15) is 11.3 Å². The molecular formula is C13H19NO4S. The van der Waals surface area contributed by atoms with Gasteiger partial charge in [-0.05, 0) is 39.2 Å². The van der Waals surface area contributed by atoms with Crippen LogP contribution in [-0.4, -0.2) is 40.2 Å². The Bertz CT molecular complexity index is 467. The number of thioether (sulfide) groups is 1. The lowest BCUT2D eigenvalue weighted by molar-refractivity contribution is -0.147. The molecule has 1 amide bonds. The van der Waals surface area contributed by atoms with Crippen LogP contribution in [0.5, 0.6) is 0 Å². The number of hydrogen-bond donors (Lipinski definition) is 1. The highest BCUT2D eigenvalue weighted by Gasteiger charge is 2.38. The number of carbonyl (C=O) groups is 2. The summed E-state index contributed by atoms with van der Waals surface area (Å²) in [5.41, 5.74) is -1.27. The second-order valence-electron chi connectivity index (χ2n) is 4.61. The van der Waals surface area contributed by atoms with Crippen molar-refractivity contribution in [2.45, 2.75) is 32.1 Å². The van der Waals surface area contributed by atoms with Crippen LogP contribution in [0.25, 0.3) is 0 Å². The van der Waals surface area contributed by atoms with E-state index in [1.54, 1.807) is 30.8 Å². The topological polar surface area (TPSA) is 70.8 Å². The lowest BCUT2D eigenvalue weighted by Gasteiger charge is -2.33. The zero-order chi connectivity index (χ0) is 14.6. The number of nitrogens with zero attached hydrogens (tertiary/aromatic N) is 1. The third kappa shape index (κ3) is 3.32. The second-order valence-corrected chi connectivity index (χ2v) is 5.48. The Balaban J connectivity index is 2.98. The smallest absolute Gasteiger partial charge is 0.329 e. The molecule has 0 atom stereocenters. The number of furan rings is 1. The number of amides is 1. The first-order valence-electron chi connectivity index (χ1n) is 5.97. The summed E-state index contributed by atoms with van der Waals surface area (Å²) in [7, 11) is 0. The molecule has 0 bridgehead atoms. The number of rotatable bonds is 6.